The monoisotopic (exact) mass is 952 g/mol. The number of hydrogen-bond donors (Lipinski definition) is 16. The van der Waals surface area contributed by atoms with Crippen molar-refractivity contribution in [1.82, 2.24) is 0 Å². The smallest absolute Gasteiger partial charge is 0.504 e. The molecule has 0 aromatic heterocycles. The number of ether oxygens (including phenoxy) is 6. The second-order valence-corrected chi connectivity index (χ2v) is 14.7. The molecule has 27 heteroatoms. The second kappa shape index (κ2) is 15.7. The van der Waals surface area contributed by atoms with Crippen LogP contribution in [0.4, 0.5) is 4.79 Å². The quantitative estimate of drug-likeness (QED) is 0.0529. The van der Waals surface area contributed by atoms with Gasteiger partial charge < -0.3 is 110 Å². The van der Waals surface area contributed by atoms with Crippen LogP contribution in [0.1, 0.15) is 53.1 Å². The topological polar surface area (TPSA) is 464 Å². The summed E-state index contributed by atoms with van der Waals surface area (Å²) in [6, 6.07) is 2.08. The zero-order chi connectivity index (χ0) is 49.7. The highest BCUT2D eigenvalue weighted by molar-refractivity contribution is 6.09. The lowest BCUT2D eigenvalue weighted by Crippen LogP contribution is -2.54. The van der Waals surface area contributed by atoms with Gasteiger partial charge in [-0.1, -0.05) is 0 Å². The van der Waals surface area contributed by atoms with Gasteiger partial charge in [-0.2, -0.15) is 0 Å². The molecule has 3 aliphatic rings. The molecule has 16 N–H and O–H groups in total. The van der Waals surface area contributed by atoms with Gasteiger partial charge in [0.1, 0.15) is 12.7 Å². The number of carbonyl (C=O) groups excluding carboxylic acids is 5. The maximum atomic E-state index is 14.7. The number of hydrogen-bond acceptors (Lipinski definition) is 27. The van der Waals surface area contributed by atoms with E-state index in [4.69, 9.17) is 28.4 Å². The summed E-state index contributed by atoms with van der Waals surface area (Å²) in [5.74, 6) is -29.5. The van der Waals surface area contributed by atoms with E-state index in [1.807, 2.05) is 0 Å². The number of carbonyl (C=O) groups is 5. The van der Waals surface area contributed by atoms with E-state index >= 15 is 0 Å². The maximum Gasteiger partial charge on any atom is 0.514 e. The van der Waals surface area contributed by atoms with E-state index in [-0.39, 0.29) is 0 Å². The van der Waals surface area contributed by atoms with Gasteiger partial charge in [0, 0.05) is 16.7 Å². The molecule has 354 valence electrons. The van der Waals surface area contributed by atoms with Crippen LogP contribution in [0, 0.1) is 0 Å². The van der Waals surface area contributed by atoms with Crippen molar-refractivity contribution in [3.8, 4) is 114 Å². The lowest BCUT2D eigenvalue weighted by molar-refractivity contribution is -0.151. The van der Waals surface area contributed by atoms with Gasteiger partial charge in [-0.25, -0.2) is 24.0 Å². The average molecular weight is 953 g/mol. The van der Waals surface area contributed by atoms with Crippen molar-refractivity contribution < 1.29 is 134 Å². The third-order valence-corrected chi connectivity index (χ3v) is 10.8. The van der Waals surface area contributed by atoms with Gasteiger partial charge in [0.05, 0.1) is 33.4 Å². The largest absolute Gasteiger partial charge is 0.514 e. The average Bonchev–Trinajstić information content (AvgIpc) is 3.43. The molecule has 0 unspecified atom stereocenters. The van der Waals surface area contributed by atoms with Crippen LogP contribution in [0.15, 0.2) is 30.3 Å². The Labute approximate surface area is 373 Å². The Bertz CT molecular complexity index is 3080. The fraction of sp³-hybridized carbons (Fsp3) is 0.146. The Morgan fingerprint density at radius 3 is 1.40 bits per heavy atom. The first-order chi connectivity index (χ1) is 31.9. The number of rotatable bonds is 3. The number of fused-ring (bicyclic) bond motifs is 6. The maximum absolute atomic E-state index is 14.7. The fourth-order valence-corrected chi connectivity index (χ4v) is 7.60. The van der Waals surface area contributed by atoms with E-state index in [9.17, 15) is 106 Å². The van der Waals surface area contributed by atoms with E-state index in [2.05, 4.69) is 0 Å². The summed E-state index contributed by atoms with van der Waals surface area (Å²) in [5, 5.41) is 172. The lowest BCUT2D eigenvalue weighted by atomic mass is 9.87. The molecule has 8 rings (SSSR count). The summed E-state index contributed by atoms with van der Waals surface area (Å²) in [6.07, 6.45) is -15.9. The summed E-state index contributed by atoms with van der Waals surface area (Å²) < 4.78 is 32.6. The number of phenols is 15. The van der Waals surface area contributed by atoms with E-state index in [0.29, 0.717) is 30.3 Å². The molecular weight excluding hydrogens is 924 g/mol. The van der Waals surface area contributed by atoms with Gasteiger partial charge in [0.25, 0.3) is 0 Å². The van der Waals surface area contributed by atoms with E-state index in [1.54, 1.807) is 0 Å². The molecule has 4 bridgehead atoms. The van der Waals surface area contributed by atoms with Crippen LogP contribution in [0.3, 0.4) is 0 Å². The minimum atomic E-state index is -2.87. The first-order valence-electron chi connectivity index (χ1n) is 18.7. The number of phenolic OH excluding ortho intramolecular Hbond substituents is 15. The molecule has 0 saturated carbocycles. The highest BCUT2D eigenvalue weighted by atomic mass is 16.7. The zero-order valence-electron chi connectivity index (χ0n) is 33.1. The first-order valence-corrected chi connectivity index (χ1v) is 18.7. The summed E-state index contributed by atoms with van der Waals surface area (Å²) in [7, 11) is 0. The van der Waals surface area contributed by atoms with Crippen molar-refractivity contribution in [3.63, 3.8) is 0 Å². The molecule has 0 radical (unpaired) electrons. The lowest BCUT2D eigenvalue weighted by Gasteiger charge is -2.37. The number of aliphatic hydroxyl groups is 1. The molecule has 5 aromatic rings. The normalized spacial score (nSPS) is 19.8. The molecule has 27 nitrogen and oxygen atoms in total. The van der Waals surface area contributed by atoms with Gasteiger partial charge in [0.15, 0.2) is 93.4 Å². The minimum Gasteiger partial charge on any atom is -0.504 e. The third-order valence-electron chi connectivity index (χ3n) is 10.8. The fourth-order valence-electron chi connectivity index (χ4n) is 7.60. The van der Waals surface area contributed by atoms with Crippen molar-refractivity contribution >= 4 is 30.0 Å². The van der Waals surface area contributed by atoms with Gasteiger partial charge in [-0.3, -0.25) is 0 Å². The van der Waals surface area contributed by atoms with Gasteiger partial charge in [-0.05, 0) is 30.3 Å². The van der Waals surface area contributed by atoms with Gasteiger partial charge >= 0.3 is 30.0 Å². The van der Waals surface area contributed by atoms with Crippen molar-refractivity contribution in [2.45, 2.75) is 30.5 Å². The molecule has 5 aromatic carbocycles. The summed E-state index contributed by atoms with van der Waals surface area (Å²) in [4.78, 5) is 70.6. The number of esters is 4. The first kappa shape index (κ1) is 44.8. The van der Waals surface area contributed by atoms with Gasteiger partial charge in [0.2, 0.25) is 23.0 Å². The van der Waals surface area contributed by atoms with Crippen LogP contribution in [-0.4, -0.2) is 143 Å². The Hall–Kier alpha value is -9.79. The van der Waals surface area contributed by atoms with Crippen LogP contribution in [0.2, 0.25) is 0 Å². The standard InChI is InChI=1S/C41H28O27/c42-11-1-7(2-12(43)22(11)47)37(58)64-16-6-63-38(59)8-3-13(44)23(48)26(51)17(8)18-9(4-14(45)24(49)27(18)52)39(60)65-33(16)36-35-31(56)21-30(55)32(57)29(54)20(34(21)67-41(62)68-35)19-10(40(61)66-36)5-15(46)25(50)28(19)53/h1-5,16,31,33,35-36,42-57H,6H2/t16-,31+,33-,35+,36+/m1/s1. The molecule has 0 saturated heterocycles. The third kappa shape index (κ3) is 6.76. The molecule has 0 spiro atoms. The van der Waals surface area contributed by atoms with E-state index < -0.39 is 209 Å². The SMILES string of the molecule is O=C1Oc2c3c(O)c(O)c(O)c2[C@H](O)[C@H](O1)[C@H]([C@@H]1OC(=O)c2cc(O)c(O)c(O)c2-c2c(cc(O)c(O)c2O)C(=O)OC[C@H]1OC(=O)c1cc(O)c(O)c(O)c1)OC(=O)c1cc(O)c(O)c(O)c1-3. The molecule has 68 heavy (non-hydrogen) atoms. The Balaban J connectivity index is 1.43. The van der Waals surface area contributed by atoms with Crippen molar-refractivity contribution in [1.29, 1.82) is 0 Å². The summed E-state index contributed by atoms with van der Waals surface area (Å²) in [5.41, 5.74) is -10.2. The molecule has 0 fully saturated rings. The van der Waals surface area contributed by atoms with Crippen molar-refractivity contribution in [2.75, 3.05) is 6.61 Å². The molecule has 5 atom stereocenters. The van der Waals surface area contributed by atoms with Crippen molar-refractivity contribution in [3.05, 3.63) is 58.1 Å². The molecular formula is C41H28O27. The molecule has 3 heterocycles. The summed E-state index contributed by atoms with van der Waals surface area (Å²) >= 11 is 0. The zero-order valence-corrected chi connectivity index (χ0v) is 33.1. The Morgan fingerprint density at radius 1 is 0.471 bits per heavy atom. The molecule has 3 aliphatic heterocycles. The minimum absolute atomic E-state index is 0.316. The van der Waals surface area contributed by atoms with Crippen LogP contribution in [0.5, 0.6) is 92.0 Å². The van der Waals surface area contributed by atoms with Crippen LogP contribution < -0.4 is 4.74 Å². The van der Waals surface area contributed by atoms with E-state index in [0.717, 1.165) is 0 Å². The number of aliphatic hydroxyl groups excluding tert-OH is 1. The summed E-state index contributed by atoms with van der Waals surface area (Å²) in [6.45, 7) is -1.53. The predicted octanol–water partition coefficient (Wildman–Crippen LogP) is 1.70. The van der Waals surface area contributed by atoms with Crippen LogP contribution in [-0.2, 0) is 23.7 Å². The van der Waals surface area contributed by atoms with E-state index in [1.165, 1.54) is 0 Å². The number of cyclic esters (lactones) is 3. The number of benzene rings is 5. The Morgan fingerprint density at radius 2 is 0.897 bits per heavy atom. The van der Waals surface area contributed by atoms with Crippen LogP contribution in [0.25, 0.3) is 22.3 Å². The molecule has 0 amide bonds. The predicted molar refractivity (Wildman–Crippen MR) is 209 cm³/mol. The van der Waals surface area contributed by atoms with Crippen LogP contribution >= 0.6 is 0 Å². The Kier molecular flexibility index (Phi) is 10.4. The molecule has 0 aliphatic carbocycles. The second-order valence-electron chi connectivity index (χ2n) is 14.7. The highest BCUT2D eigenvalue weighted by Crippen LogP contribution is 2.60. The number of aromatic hydroxyl groups is 15. The highest BCUT2D eigenvalue weighted by Gasteiger charge is 2.53. The van der Waals surface area contributed by atoms with Gasteiger partial charge in [-0.15, -0.1) is 0 Å². The van der Waals surface area contributed by atoms with Crippen molar-refractivity contribution in [2.24, 2.45) is 0 Å².